The fourth-order valence-corrected chi connectivity index (χ4v) is 2.55. The first-order valence-electron chi connectivity index (χ1n) is 5.85. The third-order valence-electron chi connectivity index (χ3n) is 3.55. The first-order chi connectivity index (χ1) is 7.25. The Bertz CT molecular complexity index is 342. The molecule has 1 nitrogen and oxygen atoms in total. The third-order valence-corrected chi connectivity index (χ3v) is 3.55. The van der Waals surface area contributed by atoms with Crippen molar-refractivity contribution in [3.63, 3.8) is 0 Å². The zero-order chi connectivity index (χ0) is 10.8. The number of ketones is 1. The van der Waals surface area contributed by atoms with Crippen LogP contribution in [0.15, 0.2) is 30.3 Å². The summed E-state index contributed by atoms with van der Waals surface area (Å²) in [6, 6.07) is 9.69. The Morgan fingerprint density at radius 2 is 1.93 bits per heavy atom. The van der Waals surface area contributed by atoms with Gasteiger partial charge in [0.05, 0.1) is 0 Å². The van der Waals surface area contributed by atoms with Gasteiger partial charge in [0, 0.05) is 11.5 Å². The zero-order valence-electron chi connectivity index (χ0n) is 9.44. The minimum atomic E-state index is 0.298. The first-order valence-corrected chi connectivity index (χ1v) is 5.85. The number of hydrogen-bond acceptors (Lipinski definition) is 1. The molecule has 1 saturated carbocycles. The second-order valence-electron chi connectivity index (χ2n) is 4.57. The lowest BCUT2D eigenvalue weighted by Gasteiger charge is -1.98. The van der Waals surface area contributed by atoms with Gasteiger partial charge in [-0.3, -0.25) is 4.79 Å². The van der Waals surface area contributed by atoms with Gasteiger partial charge in [-0.25, -0.2) is 0 Å². The molecule has 0 saturated heterocycles. The molecule has 0 unspecified atom stereocenters. The maximum absolute atomic E-state index is 12.1. The molecule has 80 valence electrons. The van der Waals surface area contributed by atoms with Gasteiger partial charge in [-0.15, -0.1) is 0 Å². The third kappa shape index (κ3) is 1.97. The second kappa shape index (κ2) is 4.18. The molecule has 2 rings (SSSR count). The van der Waals surface area contributed by atoms with Crippen molar-refractivity contribution in [3.8, 4) is 0 Å². The number of benzene rings is 1. The molecular weight excluding hydrogens is 184 g/mol. The van der Waals surface area contributed by atoms with Crippen LogP contribution >= 0.6 is 0 Å². The summed E-state index contributed by atoms with van der Waals surface area (Å²) < 4.78 is 0. The number of rotatable bonds is 4. The van der Waals surface area contributed by atoms with E-state index in [2.05, 4.69) is 13.8 Å². The van der Waals surface area contributed by atoms with Crippen molar-refractivity contribution >= 4 is 5.78 Å². The summed E-state index contributed by atoms with van der Waals surface area (Å²) in [5.74, 6) is 1.88. The fraction of sp³-hybridized carbons (Fsp3) is 0.500. The molecule has 0 spiro atoms. The van der Waals surface area contributed by atoms with Crippen LogP contribution in [0.1, 0.15) is 37.0 Å². The summed E-state index contributed by atoms with van der Waals surface area (Å²) in [6.07, 6.45) is 2.39. The van der Waals surface area contributed by atoms with Crippen LogP contribution in [0.25, 0.3) is 0 Å². The summed E-state index contributed by atoms with van der Waals surface area (Å²) in [6.45, 7) is 4.39. The van der Waals surface area contributed by atoms with Crippen LogP contribution < -0.4 is 0 Å². The number of Topliss-reactive ketones (excluding diaryl/α,β-unsaturated/α-hetero) is 1. The van der Waals surface area contributed by atoms with E-state index in [4.69, 9.17) is 0 Å². The van der Waals surface area contributed by atoms with Crippen LogP contribution in [-0.2, 0) is 0 Å². The van der Waals surface area contributed by atoms with E-state index in [0.717, 1.165) is 5.56 Å². The van der Waals surface area contributed by atoms with Crippen LogP contribution in [0.2, 0.25) is 0 Å². The predicted octanol–water partition coefficient (Wildman–Crippen LogP) is 3.55. The zero-order valence-corrected chi connectivity index (χ0v) is 9.44. The highest BCUT2D eigenvalue weighted by molar-refractivity contribution is 5.99. The van der Waals surface area contributed by atoms with Crippen LogP contribution in [0.5, 0.6) is 0 Å². The average Bonchev–Trinajstić information content (AvgIpc) is 2.90. The molecule has 1 fully saturated rings. The van der Waals surface area contributed by atoms with Gasteiger partial charge in [0.1, 0.15) is 0 Å². The van der Waals surface area contributed by atoms with Crippen LogP contribution in [-0.4, -0.2) is 5.78 Å². The van der Waals surface area contributed by atoms with Gasteiger partial charge < -0.3 is 0 Å². The summed E-state index contributed by atoms with van der Waals surface area (Å²) in [4.78, 5) is 12.1. The molecule has 1 heteroatoms. The first kappa shape index (κ1) is 10.4. The van der Waals surface area contributed by atoms with Crippen molar-refractivity contribution in [2.24, 2.45) is 17.8 Å². The van der Waals surface area contributed by atoms with E-state index in [-0.39, 0.29) is 0 Å². The summed E-state index contributed by atoms with van der Waals surface area (Å²) in [5.41, 5.74) is 0.882. The second-order valence-corrected chi connectivity index (χ2v) is 4.57. The average molecular weight is 202 g/mol. The molecule has 15 heavy (non-hydrogen) atoms. The Labute approximate surface area is 91.5 Å². The van der Waals surface area contributed by atoms with Gasteiger partial charge in [-0.2, -0.15) is 0 Å². The highest BCUT2D eigenvalue weighted by atomic mass is 16.1. The largest absolute Gasteiger partial charge is 0.294 e. The van der Waals surface area contributed by atoms with Gasteiger partial charge in [0.2, 0.25) is 0 Å². The van der Waals surface area contributed by atoms with Crippen LogP contribution in [0.3, 0.4) is 0 Å². The van der Waals surface area contributed by atoms with Crippen molar-refractivity contribution in [2.75, 3.05) is 0 Å². The molecule has 0 heterocycles. The maximum Gasteiger partial charge on any atom is 0.166 e. The van der Waals surface area contributed by atoms with E-state index in [1.54, 1.807) is 0 Å². The van der Waals surface area contributed by atoms with E-state index in [1.807, 2.05) is 30.3 Å². The number of carbonyl (C=O) groups excluding carboxylic acids is 1. The van der Waals surface area contributed by atoms with Gasteiger partial charge in [-0.05, 0) is 18.3 Å². The predicted molar refractivity (Wildman–Crippen MR) is 61.8 cm³/mol. The molecule has 3 atom stereocenters. The standard InChI is InChI=1S/C14H18O/c1-3-7-12-10(2)13(12)14(15)11-8-5-4-6-9-11/h4-6,8-10,12-13H,3,7H2,1-2H3/t10-,12-,13+/m0/s1. The Hall–Kier alpha value is -1.11. The Balaban J connectivity index is 2.05. The van der Waals surface area contributed by atoms with E-state index < -0.39 is 0 Å². The molecule has 1 aromatic carbocycles. The highest BCUT2D eigenvalue weighted by Crippen LogP contribution is 2.50. The van der Waals surface area contributed by atoms with E-state index in [1.165, 1.54) is 12.8 Å². The lowest BCUT2D eigenvalue weighted by atomic mass is 10.0. The van der Waals surface area contributed by atoms with E-state index in [0.29, 0.717) is 23.5 Å². The normalized spacial score (nSPS) is 28.8. The van der Waals surface area contributed by atoms with E-state index in [9.17, 15) is 4.79 Å². The quantitative estimate of drug-likeness (QED) is 0.682. The van der Waals surface area contributed by atoms with E-state index >= 15 is 0 Å². The number of hydrogen-bond donors (Lipinski definition) is 0. The molecule has 1 aliphatic carbocycles. The van der Waals surface area contributed by atoms with Gasteiger partial charge in [0.25, 0.3) is 0 Å². The topological polar surface area (TPSA) is 17.1 Å². The van der Waals surface area contributed by atoms with Gasteiger partial charge in [0.15, 0.2) is 5.78 Å². The molecule has 0 aliphatic heterocycles. The number of carbonyl (C=O) groups is 1. The summed E-state index contributed by atoms with van der Waals surface area (Å²) in [7, 11) is 0. The monoisotopic (exact) mass is 202 g/mol. The van der Waals surface area contributed by atoms with Crippen LogP contribution in [0, 0.1) is 17.8 Å². The molecular formula is C14H18O. The smallest absolute Gasteiger partial charge is 0.166 e. The molecule has 0 bridgehead atoms. The van der Waals surface area contributed by atoms with Crippen molar-refractivity contribution < 1.29 is 4.79 Å². The molecule has 0 radical (unpaired) electrons. The van der Waals surface area contributed by atoms with Crippen molar-refractivity contribution in [1.29, 1.82) is 0 Å². The Morgan fingerprint density at radius 3 is 2.53 bits per heavy atom. The Morgan fingerprint density at radius 1 is 1.27 bits per heavy atom. The minimum absolute atomic E-state index is 0.298. The Kier molecular flexibility index (Phi) is 2.90. The lowest BCUT2D eigenvalue weighted by molar-refractivity contribution is 0.0956. The lowest BCUT2D eigenvalue weighted by Crippen LogP contribution is -2.03. The summed E-state index contributed by atoms with van der Waals surface area (Å²) >= 11 is 0. The van der Waals surface area contributed by atoms with Gasteiger partial charge >= 0.3 is 0 Å². The maximum atomic E-state index is 12.1. The molecule has 1 aromatic rings. The minimum Gasteiger partial charge on any atom is -0.294 e. The molecule has 0 amide bonds. The molecule has 0 aromatic heterocycles. The van der Waals surface area contributed by atoms with Gasteiger partial charge in [-0.1, -0.05) is 50.6 Å². The summed E-state index contributed by atoms with van der Waals surface area (Å²) in [5, 5.41) is 0. The van der Waals surface area contributed by atoms with Crippen LogP contribution in [0.4, 0.5) is 0 Å². The highest BCUT2D eigenvalue weighted by Gasteiger charge is 2.50. The SMILES string of the molecule is CCC[C@H]1[C@H](C)[C@H]1C(=O)c1ccccc1. The van der Waals surface area contributed by atoms with Crippen molar-refractivity contribution in [2.45, 2.75) is 26.7 Å². The van der Waals surface area contributed by atoms with Crippen molar-refractivity contribution in [1.82, 2.24) is 0 Å². The van der Waals surface area contributed by atoms with Crippen molar-refractivity contribution in [3.05, 3.63) is 35.9 Å². The molecule has 0 N–H and O–H groups in total. The molecule has 1 aliphatic rings. The fourth-order valence-electron chi connectivity index (χ4n) is 2.55.